The third-order valence-electron chi connectivity index (χ3n) is 2.73. The third kappa shape index (κ3) is 2.08. The number of hydrogen-bond donors (Lipinski definition) is 0. The Morgan fingerprint density at radius 2 is 2.38 bits per heavy atom. The standard InChI is InChI=1S/C10H14OS2/c1-2-13-10(12)11-9-6-7-3-4-8(9)5-7/h3-4,7-9H,2,5-6H2,1H3/t7-,8+,9+/m1/s1. The van der Waals surface area contributed by atoms with Crippen LogP contribution >= 0.6 is 24.0 Å². The first kappa shape index (κ1) is 9.53. The average molecular weight is 214 g/mol. The van der Waals surface area contributed by atoms with E-state index in [0.29, 0.717) is 12.0 Å². The first-order valence-electron chi connectivity index (χ1n) is 4.81. The number of rotatable bonds is 2. The molecule has 72 valence electrons. The van der Waals surface area contributed by atoms with E-state index in [1.807, 2.05) is 0 Å². The van der Waals surface area contributed by atoms with Crippen LogP contribution in [0.25, 0.3) is 0 Å². The minimum atomic E-state index is 0.376. The molecule has 0 heterocycles. The molecule has 1 fully saturated rings. The lowest BCUT2D eigenvalue weighted by molar-refractivity contribution is 0.173. The highest BCUT2D eigenvalue weighted by molar-refractivity contribution is 8.22. The zero-order valence-corrected chi connectivity index (χ0v) is 9.37. The summed E-state index contributed by atoms with van der Waals surface area (Å²) in [5.74, 6) is 2.42. The molecule has 2 aliphatic carbocycles. The van der Waals surface area contributed by atoms with E-state index in [2.05, 4.69) is 19.1 Å². The summed E-state index contributed by atoms with van der Waals surface area (Å²) in [6, 6.07) is 0. The number of hydrogen-bond acceptors (Lipinski definition) is 3. The normalized spacial score (nSPS) is 35.3. The van der Waals surface area contributed by atoms with Crippen molar-refractivity contribution in [3.05, 3.63) is 12.2 Å². The highest BCUT2D eigenvalue weighted by atomic mass is 32.2. The molecule has 2 aliphatic rings. The smallest absolute Gasteiger partial charge is 0.220 e. The molecule has 2 rings (SSSR count). The van der Waals surface area contributed by atoms with Crippen LogP contribution in [0.4, 0.5) is 0 Å². The molecule has 0 saturated heterocycles. The van der Waals surface area contributed by atoms with Crippen LogP contribution in [0.3, 0.4) is 0 Å². The summed E-state index contributed by atoms with van der Waals surface area (Å²) in [6.07, 6.45) is 7.44. The van der Waals surface area contributed by atoms with Gasteiger partial charge < -0.3 is 4.74 Å². The van der Waals surface area contributed by atoms with Gasteiger partial charge in [-0.05, 0) is 36.7 Å². The summed E-state index contributed by atoms with van der Waals surface area (Å²) in [5, 5.41) is 0. The summed E-state index contributed by atoms with van der Waals surface area (Å²) in [6.45, 7) is 2.10. The van der Waals surface area contributed by atoms with E-state index in [9.17, 15) is 0 Å². The van der Waals surface area contributed by atoms with Crippen molar-refractivity contribution in [3.63, 3.8) is 0 Å². The number of thiocarbonyl (C=S) groups is 1. The van der Waals surface area contributed by atoms with Crippen molar-refractivity contribution < 1.29 is 4.74 Å². The molecular weight excluding hydrogens is 200 g/mol. The molecule has 0 aromatic carbocycles. The minimum absolute atomic E-state index is 0.376. The highest BCUT2D eigenvalue weighted by Crippen LogP contribution is 2.41. The molecule has 0 aromatic rings. The van der Waals surface area contributed by atoms with Gasteiger partial charge in [0.05, 0.1) is 0 Å². The van der Waals surface area contributed by atoms with Crippen LogP contribution in [0.2, 0.25) is 0 Å². The Labute approximate surface area is 88.9 Å². The van der Waals surface area contributed by atoms with Gasteiger partial charge in [-0.1, -0.05) is 30.8 Å². The Hall–Kier alpha value is -0.0200. The molecule has 0 radical (unpaired) electrons. The van der Waals surface area contributed by atoms with Crippen molar-refractivity contribution in [2.45, 2.75) is 25.9 Å². The Morgan fingerprint density at radius 1 is 1.54 bits per heavy atom. The number of thioether (sulfide) groups is 1. The molecule has 3 atom stereocenters. The summed E-state index contributed by atoms with van der Waals surface area (Å²) in [5.41, 5.74) is 0. The van der Waals surface area contributed by atoms with Crippen LogP contribution in [0.1, 0.15) is 19.8 Å². The molecule has 2 bridgehead atoms. The monoisotopic (exact) mass is 214 g/mol. The maximum absolute atomic E-state index is 5.73. The van der Waals surface area contributed by atoms with Crippen LogP contribution in [-0.4, -0.2) is 16.2 Å². The third-order valence-corrected chi connectivity index (χ3v) is 3.80. The predicted molar refractivity (Wildman–Crippen MR) is 61.0 cm³/mol. The largest absolute Gasteiger partial charge is 0.475 e. The quantitative estimate of drug-likeness (QED) is 0.516. The lowest BCUT2D eigenvalue weighted by atomic mass is 10.1. The topological polar surface area (TPSA) is 9.23 Å². The Morgan fingerprint density at radius 3 is 2.92 bits per heavy atom. The van der Waals surface area contributed by atoms with Crippen molar-refractivity contribution in [2.24, 2.45) is 11.8 Å². The molecule has 1 nitrogen and oxygen atoms in total. The van der Waals surface area contributed by atoms with Gasteiger partial charge in [0, 0.05) is 5.92 Å². The zero-order valence-electron chi connectivity index (χ0n) is 7.73. The molecule has 0 unspecified atom stereocenters. The van der Waals surface area contributed by atoms with Crippen molar-refractivity contribution in [1.82, 2.24) is 0 Å². The Balaban J connectivity index is 1.83. The van der Waals surface area contributed by atoms with Gasteiger partial charge >= 0.3 is 0 Å². The van der Waals surface area contributed by atoms with E-state index < -0.39 is 0 Å². The fourth-order valence-electron chi connectivity index (χ4n) is 2.14. The van der Waals surface area contributed by atoms with Crippen LogP contribution in [0, 0.1) is 11.8 Å². The molecule has 1 saturated carbocycles. The predicted octanol–water partition coefficient (Wildman–Crippen LogP) is 3.01. The van der Waals surface area contributed by atoms with Gasteiger partial charge in [0.25, 0.3) is 0 Å². The molecule has 13 heavy (non-hydrogen) atoms. The summed E-state index contributed by atoms with van der Waals surface area (Å²) in [7, 11) is 0. The van der Waals surface area contributed by atoms with E-state index in [-0.39, 0.29) is 0 Å². The molecule has 0 amide bonds. The van der Waals surface area contributed by atoms with Gasteiger partial charge in [-0.25, -0.2) is 0 Å². The van der Waals surface area contributed by atoms with Crippen molar-refractivity contribution in [2.75, 3.05) is 5.75 Å². The minimum Gasteiger partial charge on any atom is -0.475 e. The number of ether oxygens (including phenoxy) is 1. The van der Waals surface area contributed by atoms with Gasteiger partial charge in [-0.2, -0.15) is 0 Å². The SMILES string of the molecule is CCSC(=S)O[C@H]1C[C@@H]2C=C[C@H]1C2. The van der Waals surface area contributed by atoms with Crippen molar-refractivity contribution in [3.8, 4) is 0 Å². The first-order chi connectivity index (χ1) is 6.29. The summed E-state index contributed by atoms with van der Waals surface area (Å²) >= 11 is 6.75. The van der Waals surface area contributed by atoms with Crippen molar-refractivity contribution >= 4 is 28.4 Å². The van der Waals surface area contributed by atoms with Gasteiger partial charge in [-0.15, -0.1) is 0 Å². The second kappa shape index (κ2) is 4.01. The van der Waals surface area contributed by atoms with Gasteiger partial charge in [0.1, 0.15) is 6.10 Å². The zero-order chi connectivity index (χ0) is 9.26. The lowest BCUT2D eigenvalue weighted by Gasteiger charge is -2.19. The van der Waals surface area contributed by atoms with Crippen LogP contribution in [0.5, 0.6) is 0 Å². The maximum Gasteiger partial charge on any atom is 0.220 e. The van der Waals surface area contributed by atoms with Gasteiger partial charge in [0.2, 0.25) is 4.38 Å². The second-order valence-corrected chi connectivity index (χ2v) is 5.49. The fourth-order valence-corrected chi connectivity index (χ4v) is 3.05. The van der Waals surface area contributed by atoms with Crippen LogP contribution in [-0.2, 0) is 4.74 Å². The Bertz CT molecular complexity index is 237. The molecular formula is C10H14OS2. The summed E-state index contributed by atoms with van der Waals surface area (Å²) in [4.78, 5) is 0. The lowest BCUT2D eigenvalue weighted by Crippen LogP contribution is -2.19. The van der Waals surface area contributed by atoms with Crippen LogP contribution < -0.4 is 0 Å². The van der Waals surface area contributed by atoms with Crippen molar-refractivity contribution in [1.29, 1.82) is 0 Å². The number of fused-ring (bicyclic) bond motifs is 2. The van der Waals surface area contributed by atoms with E-state index in [1.165, 1.54) is 12.8 Å². The molecule has 0 N–H and O–H groups in total. The molecule has 0 aromatic heterocycles. The molecule has 3 heteroatoms. The maximum atomic E-state index is 5.73. The summed E-state index contributed by atoms with van der Waals surface area (Å²) < 4.78 is 6.46. The van der Waals surface area contributed by atoms with E-state index in [4.69, 9.17) is 17.0 Å². The van der Waals surface area contributed by atoms with E-state index in [1.54, 1.807) is 11.8 Å². The number of allylic oxidation sites excluding steroid dienone is 1. The first-order valence-corrected chi connectivity index (χ1v) is 6.20. The van der Waals surface area contributed by atoms with E-state index in [0.717, 1.165) is 16.1 Å². The molecule has 0 spiro atoms. The Kier molecular flexibility index (Phi) is 2.94. The fraction of sp³-hybridized carbons (Fsp3) is 0.700. The highest BCUT2D eigenvalue weighted by Gasteiger charge is 2.37. The average Bonchev–Trinajstić information content (AvgIpc) is 2.65. The second-order valence-electron chi connectivity index (χ2n) is 3.62. The van der Waals surface area contributed by atoms with Gasteiger partial charge in [-0.3, -0.25) is 0 Å². The van der Waals surface area contributed by atoms with Crippen LogP contribution in [0.15, 0.2) is 12.2 Å². The molecule has 0 aliphatic heterocycles. The van der Waals surface area contributed by atoms with Gasteiger partial charge in [0.15, 0.2) is 0 Å². The van der Waals surface area contributed by atoms with E-state index >= 15 is 0 Å².